The molecule has 1 atom stereocenters. The second-order valence-corrected chi connectivity index (χ2v) is 6.45. The van der Waals surface area contributed by atoms with E-state index in [1.165, 1.54) is 11.8 Å². The van der Waals surface area contributed by atoms with Gasteiger partial charge in [0.2, 0.25) is 11.8 Å². The van der Waals surface area contributed by atoms with Crippen LogP contribution in [-0.4, -0.2) is 37.6 Å². The molecule has 6 heteroatoms. The topological polar surface area (TPSA) is 67.9 Å². The summed E-state index contributed by atoms with van der Waals surface area (Å²) in [7, 11) is 0. The van der Waals surface area contributed by atoms with Crippen LogP contribution in [0.25, 0.3) is 0 Å². The van der Waals surface area contributed by atoms with Gasteiger partial charge in [0.05, 0.1) is 6.10 Å². The summed E-state index contributed by atoms with van der Waals surface area (Å²) >= 11 is 0. The number of nitrogens with zero attached hydrogens (tertiary/aromatic N) is 1. The van der Waals surface area contributed by atoms with E-state index in [1.54, 1.807) is 24.3 Å². The third kappa shape index (κ3) is 5.56. The Hall–Kier alpha value is -2.86. The van der Waals surface area contributed by atoms with Gasteiger partial charge in [-0.15, -0.1) is 0 Å². The number of para-hydroxylation sites is 1. The molecule has 1 aliphatic rings. The van der Waals surface area contributed by atoms with Crippen LogP contribution >= 0.6 is 0 Å². The SMILES string of the molecule is CC(=O)N(CC(=O)NCC1CCCO1)c1ccc(Oc2ccccc2)cc1. The molecule has 0 aromatic heterocycles. The highest BCUT2D eigenvalue weighted by Crippen LogP contribution is 2.24. The molecular weight excluding hydrogens is 344 g/mol. The van der Waals surface area contributed by atoms with E-state index in [4.69, 9.17) is 9.47 Å². The predicted octanol–water partition coefficient (Wildman–Crippen LogP) is 3.13. The number of hydrogen-bond acceptors (Lipinski definition) is 4. The summed E-state index contributed by atoms with van der Waals surface area (Å²) in [4.78, 5) is 25.7. The van der Waals surface area contributed by atoms with Crippen molar-refractivity contribution in [2.75, 3.05) is 24.6 Å². The lowest BCUT2D eigenvalue weighted by molar-refractivity contribution is -0.123. The second-order valence-electron chi connectivity index (χ2n) is 6.45. The number of rotatable bonds is 7. The van der Waals surface area contributed by atoms with Crippen molar-refractivity contribution >= 4 is 17.5 Å². The molecule has 2 aromatic carbocycles. The maximum Gasteiger partial charge on any atom is 0.240 e. The Morgan fingerprint density at radius 3 is 2.44 bits per heavy atom. The first-order chi connectivity index (χ1) is 13.1. The van der Waals surface area contributed by atoms with Crippen molar-refractivity contribution in [1.29, 1.82) is 0 Å². The van der Waals surface area contributed by atoms with Gasteiger partial charge in [-0.25, -0.2) is 0 Å². The maximum atomic E-state index is 12.2. The predicted molar refractivity (Wildman–Crippen MR) is 103 cm³/mol. The molecule has 142 valence electrons. The lowest BCUT2D eigenvalue weighted by Gasteiger charge is -2.21. The number of amides is 2. The summed E-state index contributed by atoms with van der Waals surface area (Å²) in [6.45, 7) is 2.65. The van der Waals surface area contributed by atoms with Crippen LogP contribution < -0.4 is 15.0 Å². The standard InChI is InChI=1S/C21H24N2O4/c1-16(24)23(15-21(25)22-14-20-8-5-13-26-20)17-9-11-19(12-10-17)27-18-6-3-2-4-7-18/h2-4,6-7,9-12,20H,5,8,13-15H2,1H3,(H,22,25). The average Bonchev–Trinajstić information content (AvgIpc) is 3.19. The first-order valence-electron chi connectivity index (χ1n) is 9.11. The monoisotopic (exact) mass is 368 g/mol. The Labute approximate surface area is 159 Å². The van der Waals surface area contributed by atoms with E-state index in [9.17, 15) is 9.59 Å². The van der Waals surface area contributed by atoms with Gasteiger partial charge in [-0.1, -0.05) is 18.2 Å². The van der Waals surface area contributed by atoms with Gasteiger partial charge in [0, 0.05) is 25.8 Å². The van der Waals surface area contributed by atoms with E-state index in [-0.39, 0.29) is 24.5 Å². The molecule has 0 bridgehead atoms. The highest BCUT2D eigenvalue weighted by molar-refractivity contribution is 5.97. The molecule has 27 heavy (non-hydrogen) atoms. The molecule has 2 aromatic rings. The molecule has 1 fully saturated rings. The molecule has 2 amide bonds. The van der Waals surface area contributed by atoms with Crippen LogP contribution in [0.1, 0.15) is 19.8 Å². The molecule has 1 N–H and O–H groups in total. The molecule has 1 saturated heterocycles. The first kappa shape index (κ1) is 18.9. The Bertz CT molecular complexity index is 756. The molecule has 1 unspecified atom stereocenters. The first-order valence-corrected chi connectivity index (χ1v) is 9.11. The van der Waals surface area contributed by atoms with Gasteiger partial charge in [-0.2, -0.15) is 0 Å². The zero-order chi connectivity index (χ0) is 19.1. The number of nitrogens with one attached hydrogen (secondary N) is 1. The van der Waals surface area contributed by atoms with Gasteiger partial charge in [0.25, 0.3) is 0 Å². The normalized spacial score (nSPS) is 16.0. The molecule has 3 rings (SSSR count). The zero-order valence-electron chi connectivity index (χ0n) is 15.4. The van der Waals surface area contributed by atoms with Gasteiger partial charge >= 0.3 is 0 Å². The number of benzene rings is 2. The van der Waals surface area contributed by atoms with Gasteiger partial charge in [0.15, 0.2) is 0 Å². The van der Waals surface area contributed by atoms with Crippen LogP contribution in [-0.2, 0) is 14.3 Å². The summed E-state index contributed by atoms with van der Waals surface area (Å²) in [6.07, 6.45) is 2.06. The molecule has 0 aliphatic carbocycles. The number of hydrogen-bond donors (Lipinski definition) is 1. The molecule has 1 heterocycles. The van der Waals surface area contributed by atoms with Crippen molar-refractivity contribution in [2.45, 2.75) is 25.9 Å². The third-order valence-electron chi connectivity index (χ3n) is 4.36. The van der Waals surface area contributed by atoms with Crippen molar-refractivity contribution in [3.05, 3.63) is 54.6 Å². The van der Waals surface area contributed by atoms with Crippen molar-refractivity contribution in [3.63, 3.8) is 0 Å². The lowest BCUT2D eigenvalue weighted by atomic mass is 10.2. The van der Waals surface area contributed by atoms with Gasteiger partial charge < -0.3 is 19.7 Å². The van der Waals surface area contributed by atoms with Crippen molar-refractivity contribution in [1.82, 2.24) is 5.32 Å². The fourth-order valence-corrected chi connectivity index (χ4v) is 2.94. The fraction of sp³-hybridized carbons (Fsp3) is 0.333. The van der Waals surface area contributed by atoms with Gasteiger partial charge in [-0.05, 0) is 49.2 Å². The van der Waals surface area contributed by atoms with Crippen molar-refractivity contribution < 1.29 is 19.1 Å². The second kappa shape index (κ2) is 9.19. The van der Waals surface area contributed by atoms with E-state index < -0.39 is 0 Å². The minimum absolute atomic E-state index is 0.0268. The fourth-order valence-electron chi connectivity index (χ4n) is 2.94. The Kier molecular flexibility index (Phi) is 6.44. The Balaban J connectivity index is 1.58. The van der Waals surface area contributed by atoms with E-state index in [0.717, 1.165) is 25.2 Å². The number of carbonyl (C=O) groups is 2. The summed E-state index contributed by atoms with van der Waals surface area (Å²) < 4.78 is 11.2. The summed E-state index contributed by atoms with van der Waals surface area (Å²) in [5.74, 6) is 1.00. The van der Waals surface area contributed by atoms with Crippen LogP contribution in [0.2, 0.25) is 0 Å². The highest BCUT2D eigenvalue weighted by Gasteiger charge is 2.19. The summed E-state index contributed by atoms with van der Waals surface area (Å²) in [5, 5.41) is 2.84. The van der Waals surface area contributed by atoms with Crippen LogP contribution in [0, 0.1) is 0 Å². The summed E-state index contributed by atoms with van der Waals surface area (Å²) in [5.41, 5.74) is 0.648. The minimum Gasteiger partial charge on any atom is -0.457 e. The van der Waals surface area contributed by atoms with Gasteiger partial charge in [0.1, 0.15) is 18.0 Å². The number of ether oxygens (including phenoxy) is 2. The smallest absolute Gasteiger partial charge is 0.240 e. The Morgan fingerprint density at radius 2 is 1.81 bits per heavy atom. The zero-order valence-corrected chi connectivity index (χ0v) is 15.4. The van der Waals surface area contributed by atoms with Crippen molar-refractivity contribution in [3.8, 4) is 11.5 Å². The highest BCUT2D eigenvalue weighted by atomic mass is 16.5. The molecule has 1 aliphatic heterocycles. The van der Waals surface area contributed by atoms with Crippen molar-refractivity contribution in [2.24, 2.45) is 0 Å². The molecule has 0 radical (unpaired) electrons. The number of anilines is 1. The quantitative estimate of drug-likeness (QED) is 0.815. The average molecular weight is 368 g/mol. The molecule has 0 spiro atoms. The Morgan fingerprint density at radius 1 is 1.11 bits per heavy atom. The van der Waals surface area contributed by atoms with Crippen LogP contribution in [0.15, 0.2) is 54.6 Å². The van der Waals surface area contributed by atoms with Crippen LogP contribution in [0.3, 0.4) is 0 Å². The van der Waals surface area contributed by atoms with E-state index in [1.807, 2.05) is 30.3 Å². The third-order valence-corrected chi connectivity index (χ3v) is 4.36. The summed E-state index contributed by atoms with van der Waals surface area (Å²) in [6, 6.07) is 16.6. The van der Waals surface area contributed by atoms with Crippen LogP contribution in [0.4, 0.5) is 5.69 Å². The molecule has 6 nitrogen and oxygen atoms in total. The van der Waals surface area contributed by atoms with E-state index in [2.05, 4.69) is 5.32 Å². The molecule has 0 saturated carbocycles. The van der Waals surface area contributed by atoms with E-state index in [0.29, 0.717) is 18.0 Å². The molecular formula is C21H24N2O4. The minimum atomic E-state index is -0.203. The van der Waals surface area contributed by atoms with E-state index >= 15 is 0 Å². The maximum absolute atomic E-state index is 12.2. The number of carbonyl (C=O) groups excluding carboxylic acids is 2. The lowest BCUT2D eigenvalue weighted by Crippen LogP contribution is -2.42. The van der Waals surface area contributed by atoms with Crippen LogP contribution in [0.5, 0.6) is 11.5 Å². The van der Waals surface area contributed by atoms with Gasteiger partial charge in [-0.3, -0.25) is 9.59 Å². The largest absolute Gasteiger partial charge is 0.457 e.